The third kappa shape index (κ3) is 2.45. The second kappa shape index (κ2) is 5.15. The summed E-state index contributed by atoms with van der Waals surface area (Å²) in [5.74, 6) is 2.16. The first-order valence-corrected chi connectivity index (χ1v) is 6.17. The molecule has 1 heterocycles. The Labute approximate surface area is 112 Å². The molecule has 0 saturated carbocycles. The Morgan fingerprint density at radius 2 is 2.05 bits per heavy atom. The summed E-state index contributed by atoms with van der Waals surface area (Å²) < 4.78 is 0. The number of benzene rings is 1. The van der Waals surface area contributed by atoms with Crippen LogP contribution in [0.5, 0.6) is 0 Å². The molecule has 2 rings (SSSR count). The van der Waals surface area contributed by atoms with Crippen LogP contribution in [0.4, 0.5) is 0 Å². The molecule has 1 N–H and O–H groups in total. The van der Waals surface area contributed by atoms with Crippen LogP contribution < -0.4 is 5.32 Å². The van der Waals surface area contributed by atoms with E-state index in [9.17, 15) is 9.59 Å². The number of terminal acetylenes is 1. The van der Waals surface area contributed by atoms with Gasteiger partial charge in [0.15, 0.2) is 0 Å². The summed E-state index contributed by atoms with van der Waals surface area (Å²) >= 11 is 0. The maximum absolute atomic E-state index is 12.6. The predicted molar refractivity (Wildman–Crippen MR) is 72.0 cm³/mol. The molecule has 1 atom stereocenters. The van der Waals surface area contributed by atoms with Crippen LogP contribution in [0.1, 0.15) is 18.9 Å². The molecule has 0 radical (unpaired) electrons. The van der Waals surface area contributed by atoms with Crippen molar-refractivity contribution in [2.45, 2.75) is 18.9 Å². The average Bonchev–Trinajstić information content (AvgIpc) is 2.53. The van der Waals surface area contributed by atoms with E-state index in [1.807, 2.05) is 30.3 Å². The monoisotopic (exact) mass is 256 g/mol. The minimum Gasteiger partial charge on any atom is -0.338 e. The highest BCUT2D eigenvalue weighted by molar-refractivity contribution is 5.94. The Morgan fingerprint density at radius 3 is 2.68 bits per heavy atom. The van der Waals surface area contributed by atoms with Crippen molar-refractivity contribution < 1.29 is 9.59 Å². The lowest BCUT2D eigenvalue weighted by Crippen LogP contribution is -2.52. The summed E-state index contributed by atoms with van der Waals surface area (Å²) in [5, 5.41) is 2.81. The molecule has 1 fully saturated rings. The van der Waals surface area contributed by atoms with Gasteiger partial charge in [0.05, 0.1) is 6.54 Å². The third-order valence-corrected chi connectivity index (χ3v) is 3.35. The Kier molecular flexibility index (Phi) is 3.57. The lowest BCUT2D eigenvalue weighted by molar-refractivity contribution is -0.138. The highest BCUT2D eigenvalue weighted by atomic mass is 16.2. The van der Waals surface area contributed by atoms with E-state index in [0.29, 0.717) is 6.54 Å². The summed E-state index contributed by atoms with van der Waals surface area (Å²) in [6, 6.07) is 9.22. The van der Waals surface area contributed by atoms with Gasteiger partial charge in [0.25, 0.3) is 5.91 Å². The van der Waals surface area contributed by atoms with Crippen LogP contribution in [0.2, 0.25) is 0 Å². The molecule has 0 spiro atoms. The molecule has 2 amide bonds. The zero-order valence-electron chi connectivity index (χ0n) is 10.8. The average molecular weight is 256 g/mol. The van der Waals surface area contributed by atoms with Crippen LogP contribution >= 0.6 is 0 Å². The second-order valence-corrected chi connectivity index (χ2v) is 4.72. The molecule has 1 aromatic carbocycles. The number of carbonyl (C=O) groups excluding carboxylic acids is 2. The molecule has 4 heteroatoms. The van der Waals surface area contributed by atoms with E-state index in [1.165, 1.54) is 0 Å². The molecule has 1 saturated heterocycles. The van der Waals surface area contributed by atoms with Crippen molar-refractivity contribution >= 4 is 11.8 Å². The highest BCUT2D eigenvalue weighted by Crippen LogP contribution is 2.25. The van der Waals surface area contributed by atoms with Gasteiger partial charge in [-0.05, 0) is 12.5 Å². The summed E-state index contributed by atoms with van der Waals surface area (Å²) in [7, 11) is 0. The van der Waals surface area contributed by atoms with E-state index in [-0.39, 0.29) is 24.8 Å². The van der Waals surface area contributed by atoms with Crippen molar-refractivity contribution in [3.8, 4) is 12.3 Å². The summed E-state index contributed by atoms with van der Waals surface area (Å²) in [6.07, 6.45) is 5.56. The van der Waals surface area contributed by atoms with E-state index < -0.39 is 5.54 Å². The number of hydrogen-bond acceptors (Lipinski definition) is 2. The van der Waals surface area contributed by atoms with Gasteiger partial charge in [0, 0.05) is 13.0 Å². The molecule has 1 aliphatic rings. The fourth-order valence-corrected chi connectivity index (χ4v) is 2.28. The maximum atomic E-state index is 12.6. The first-order valence-electron chi connectivity index (χ1n) is 6.17. The molecule has 19 heavy (non-hydrogen) atoms. The Hall–Kier alpha value is -2.28. The van der Waals surface area contributed by atoms with Crippen molar-refractivity contribution in [1.82, 2.24) is 10.2 Å². The number of rotatable bonds is 2. The number of nitrogens with one attached hydrogen (secondary N) is 1. The fraction of sp³-hybridized carbons (Fsp3) is 0.333. The molecule has 1 unspecified atom stereocenters. The highest BCUT2D eigenvalue weighted by Gasteiger charge is 2.41. The topological polar surface area (TPSA) is 49.4 Å². The lowest BCUT2D eigenvalue weighted by Gasteiger charge is -2.31. The SMILES string of the molecule is C#CCN1CCC(=O)NC(C)(c2ccccc2)C1=O. The van der Waals surface area contributed by atoms with E-state index in [4.69, 9.17) is 6.42 Å². The normalized spacial score (nSPS) is 23.5. The van der Waals surface area contributed by atoms with Crippen LogP contribution in [0, 0.1) is 12.3 Å². The number of amides is 2. The third-order valence-electron chi connectivity index (χ3n) is 3.35. The number of carbonyl (C=O) groups is 2. The standard InChI is InChI=1S/C15H16N2O2/c1-3-10-17-11-9-13(18)16-15(2,14(17)19)12-7-5-4-6-8-12/h1,4-8H,9-11H2,2H3,(H,16,18). The van der Waals surface area contributed by atoms with E-state index in [0.717, 1.165) is 5.56 Å². The van der Waals surface area contributed by atoms with Crippen LogP contribution in [0.15, 0.2) is 30.3 Å². The van der Waals surface area contributed by atoms with Gasteiger partial charge in [0.1, 0.15) is 5.54 Å². The van der Waals surface area contributed by atoms with Crippen LogP contribution in [0.25, 0.3) is 0 Å². The number of nitrogens with zero attached hydrogens (tertiary/aromatic N) is 1. The molecule has 1 aromatic rings. The molecule has 98 valence electrons. The van der Waals surface area contributed by atoms with Gasteiger partial charge in [-0.1, -0.05) is 36.3 Å². The number of hydrogen-bond donors (Lipinski definition) is 1. The lowest BCUT2D eigenvalue weighted by atomic mass is 9.90. The first-order chi connectivity index (χ1) is 9.08. The van der Waals surface area contributed by atoms with Crippen molar-refractivity contribution in [3.63, 3.8) is 0 Å². The van der Waals surface area contributed by atoms with Crippen molar-refractivity contribution in [1.29, 1.82) is 0 Å². The van der Waals surface area contributed by atoms with Crippen LogP contribution in [-0.4, -0.2) is 29.8 Å². The predicted octanol–water partition coefficient (Wildman–Crippen LogP) is 0.883. The fourth-order valence-electron chi connectivity index (χ4n) is 2.28. The Morgan fingerprint density at radius 1 is 1.37 bits per heavy atom. The van der Waals surface area contributed by atoms with Gasteiger partial charge in [-0.15, -0.1) is 6.42 Å². The smallest absolute Gasteiger partial charge is 0.253 e. The summed E-state index contributed by atoms with van der Waals surface area (Å²) in [6.45, 7) is 2.30. The zero-order chi connectivity index (χ0) is 13.9. The molecule has 0 bridgehead atoms. The van der Waals surface area contributed by atoms with Gasteiger partial charge in [0.2, 0.25) is 5.91 Å². The van der Waals surface area contributed by atoms with E-state index in [2.05, 4.69) is 11.2 Å². The van der Waals surface area contributed by atoms with Gasteiger partial charge in [-0.2, -0.15) is 0 Å². The van der Waals surface area contributed by atoms with Gasteiger partial charge >= 0.3 is 0 Å². The Bertz CT molecular complexity index is 533. The minimum absolute atomic E-state index is 0.140. The van der Waals surface area contributed by atoms with Crippen molar-refractivity contribution in [2.24, 2.45) is 0 Å². The molecular formula is C15H16N2O2. The van der Waals surface area contributed by atoms with Crippen molar-refractivity contribution in [3.05, 3.63) is 35.9 Å². The summed E-state index contributed by atoms with van der Waals surface area (Å²) in [4.78, 5) is 26.0. The van der Waals surface area contributed by atoms with E-state index in [1.54, 1.807) is 11.8 Å². The largest absolute Gasteiger partial charge is 0.338 e. The quantitative estimate of drug-likeness (QED) is 0.799. The molecule has 4 nitrogen and oxygen atoms in total. The van der Waals surface area contributed by atoms with Gasteiger partial charge < -0.3 is 10.2 Å². The second-order valence-electron chi connectivity index (χ2n) is 4.72. The minimum atomic E-state index is -1.05. The first kappa shape index (κ1) is 13.2. The summed E-state index contributed by atoms with van der Waals surface area (Å²) in [5.41, 5.74) is -0.289. The van der Waals surface area contributed by atoms with Gasteiger partial charge in [-0.3, -0.25) is 9.59 Å². The van der Waals surface area contributed by atoms with E-state index >= 15 is 0 Å². The Balaban J connectivity index is 2.43. The molecule has 0 aliphatic carbocycles. The zero-order valence-corrected chi connectivity index (χ0v) is 10.8. The maximum Gasteiger partial charge on any atom is 0.253 e. The van der Waals surface area contributed by atoms with Crippen molar-refractivity contribution in [2.75, 3.05) is 13.1 Å². The van der Waals surface area contributed by atoms with Gasteiger partial charge in [-0.25, -0.2) is 0 Å². The molecule has 1 aliphatic heterocycles. The molecule has 0 aromatic heterocycles. The van der Waals surface area contributed by atoms with Crippen LogP contribution in [-0.2, 0) is 15.1 Å². The van der Waals surface area contributed by atoms with Crippen LogP contribution in [0.3, 0.4) is 0 Å². The molecular weight excluding hydrogens is 240 g/mol.